The van der Waals surface area contributed by atoms with Gasteiger partial charge in [0.05, 0.1) is 0 Å². The molecule has 0 spiro atoms. The molecule has 0 unspecified atom stereocenters. The van der Waals surface area contributed by atoms with Crippen LogP contribution in [0.5, 0.6) is 0 Å². The van der Waals surface area contributed by atoms with Gasteiger partial charge in [-0.15, -0.1) is 0 Å². The normalized spacial score (nSPS) is 15.3. The second kappa shape index (κ2) is 20.0. The van der Waals surface area contributed by atoms with E-state index in [-0.39, 0.29) is 18.9 Å². The first-order chi connectivity index (χ1) is 22.5. The summed E-state index contributed by atoms with van der Waals surface area (Å²) in [7, 11) is -7.91. The molecule has 0 atom stereocenters. The fourth-order valence-electron chi connectivity index (χ4n) is 1.41. The van der Waals surface area contributed by atoms with E-state index < -0.39 is 209 Å². The summed E-state index contributed by atoms with van der Waals surface area (Å²) in [6.45, 7) is 0. The van der Waals surface area contributed by atoms with Crippen molar-refractivity contribution >= 4 is 7.82 Å². The van der Waals surface area contributed by atoms with Crippen LogP contribution in [0.4, 0.5) is 0 Å². The third-order valence-electron chi connectivity index (χ3n) is 2.06. The Hall–Kier alpha value is 3.69. The van der Waals surface area contributed by atoms with Crippen LogP contribution in [0.2, 0.25) is 0 Å². The third kappa shape index (κ3) is 29.1. The number of rotatable bonds is 24. The molecule has 54 heavy (non-hydrogen) atoms. The molecule has 0 aromatic carbocycles. The molecule has 0 rings (SSSR count). The monoisotopic (exact) mass is 1860 g/mol. The Labute approximate surface area is 346 Å². The molecule has 0 heterocycles. The molecular formula is H3LiMo12O40P+. The third-order valence-corrected chi connectivity index (χ3v) is 62.5. The van der Waals surface area contributed by atoms with Gasteiger partial charge in [0.15, 0.2) is 0 Å². The predicted molar refractivity (Wildman–Crippen MR) is 43.8 cm³/mol. The van der Waals surface area contributed by atoms with Crippen molar-refractivity contribution in [2.75, 3.05) is 0 Å². The molecule has 0 bridgehead atoms. The van der Waals surface area contributed by atoms with Crippen LogP contribution in [0.3, 0.4) is 0 Å². The molecule has 320 valence electrons. The zero-order chi connectivity index (χ0) is 43.0. The Morgan fingerprint density at radius 1 is 0.259 bits per heavy atom. The van der Waals surface area contributed by atoms with E-state index in [1.165, 1.54) is 0 Å². The van der Waals surface area contributed by atoms with Gasteiger partial charge < -0.3 is 0 Å². The molecular weight excluding hydrogens is 1830 g/mol. The van der Waals surface area contributed by atoms with Crippen LogP contribution < -0.4 is 18.9 Å². The summed E-state index contributed by atoms with van der Waals surface area (Å²) in [5.74, 6) is 0. The van der Waals surface area contributed by atoms with Gasteiger partial charge in [0.1, 0.15) is 0 Å². The van der Waals surface area contributed by atoms with Crippen molar-refractivity contribution in [2.24, 2.45) is 0 Å². The molecule has 0 saturated carbocycles. The topological polar surface area (TPSA) is 598 Å². The van der Waals surface area contributed by atoms with Gasteiger partial charge in [0, 0.05) is 0 Å². The average molecular weight is 1830 g/mol. The van der Waals surface area contributed by atoms with E-state index in [9.17, 15) is 86.1 Å². The summed E-state index contributed by atoms with van der Waals surface area (Å²) in [6.07, 6.45) is 0. The van der Waals surface area contributed by atoms with Gasteiger partial charge in [-0.3, -0.25) is 0 Å². The molecule has 0 aliphatic heterocycles. The van der Waals surface area contributed by atoms with Gasteiger partial charge in [-0.25, -0.2) is 0 Å². The number of hydrogen-bond donors (Lipinski definition) is 3. The Morgan fingerprint density at radius 2 is 0.389 bits per heavy atom. The predicted octanol–water partition coefficient (Wildman–Crippen LogP) is -7.63. The van der Waals surface area contributed by atoms with Gasteiger partial charge in [-0.2, -0.15) is 0 Å². The first-order valence-electron chi connectivity index (χ1n) is 8.78. The zero-order valence-electron chi connectivity index (χ0n) is 22.8. The van der Waals surface area contributed by atoms with Crippen LogP contribution >= 0.6 is 7.82 Å². The van der Waals surface area contributed by atoms with Gasteiger partial charge in [-0.05, 0) is 0 Å². The van der Waals surface area contributed by atoms with Gasteiger partial charge in [0.2, 0.25) is 0 Å². The summed E-state index contributed by atoms with van der Waals surface area (Å²) >= 11 is -97.4. The average Bonchev–Trinajstić information content (AvgIpc) is 2.58. The minimum absolute atomic E-state index is 0. The maximum absolute atomic E-state index is 12.8. The van der Waals surface area contributed by atoms with E-state index in [0.717, 1.165) is 0 Å². The van der Waals surface area contributed by atoms with Crippen LogP contribution in [-0.2, 0) is 315 Å². The summed E-state index contributed by atoms with van der Waals surface area (Å²) < 4.78 is 347. The number of hydrogen-bond acceptors (Lipinski definition) is 37. The van der Waals surface area contributed by atoms with E-state index in [1.807, 2.05) is 0 Å². The molecule has 0 amide bonds. The van der Waals surface area contributed by atoms with Crippen LogP contribution in [0.25, 0.3) is 0 Å². The fourth-order valence-corrected chi connectivity index (χ4v) is 60.4. The first-order valence-corrected chi connectivity index (χ1v) is 49.8. The van der Waals surface area contributed by atoms with E-state index >= 15 is 0 Å². The molecule has 54 heteroatoms. The zero-order valence-corrected chi connectivity index (χ0v) is 47.8. The molecule has 0 aliphatic rings. The maximum atomic E-state index is 12.8. The standard InChI is InChI=1S/Li.12Mo.H3O4P.3H2O.33O/c;;;;;;;;;;;;;1-5(2,3)4;;;;;;;;;;;;;;;;;;;;;;;;;;;;;;;;;;;;/h;;;;;;;;;;;;;(H3,1,2,3,4);3*1H2;;;;;;;;;;;;;;;;;;;;;;;;;;;;;;;;;/q+1;;;;;;;6*+1;;;;;;;;;;;;;;;;;;;;;;;;;;;;;;;;;;;;;/p-6. The summed E-state index contributed by atoms with van der Waals surface area (Å²) in [5, 5.41) is 0. The van der Waals surface area contributed by atoms with Crippen molar-refractivity contribution in [3.8, 4) is 0 Å². The molecule has 0 fully saturated rings. The second-order valence-corrected chi connectivity index (χ2v) is 56.1. The van der Waals surface area contributed by atoms with Crippen molar-refractivity contribution in [3.05, 3.63) is 0 Å². The molecule has 3 N–H and O–H groups in total. The molecule has 40 nitrogen and oxygen atoms in total. The van der Waals surface area contributed by atoms with Crippen LogP contribution in [0.1, 0.15) is 0 Å². The van der Waals surface area contributed by atoms with Crippen molar-refractivity contribution < 1.29 is 345 Å². The van der Waals surface area contributed by atoms with Crippen LogP contribution in [0.15, 0.2) is 0 Å². The van der Waals surface area contributed by atoms with Crippen molar-refractivity contribution in [2.45, 2.75) is 0 Å². The van der Waals surface area contributed by atoms with Gasteiger partial charge in [0.25, 0.3) is 0 Å². The Bertz CT molecular complexity index is 2510. The van der Waals surface area contributed by atoms with E-state index in [0.29, 0.717) is 0 Å². The molecule has 0 aromatic rings. The van der Waals surface area contributed by atoms with Crippen molar-refractivity contribution in [1.29, 1.82) is 0 Å². The smallest absolute Gasteiger partial charge is 1.00 e. The van der Waals surface area contributed by atoms with E-state index in [2.05, 4.69) is 27.9 Å². The van der Waals surface area contributed by atoms with Crippen molar-refractivity contribution in [1.82, 2.24) is 0 Å². The van der Waals surface area contributed by atoms with Crippen molar-refractivity contribution in [3.63, 3.8) is 0 Å². The van der Waals surface area contributed by atoms with E-state index in [4.69, 9.17) is 11.3 Å². The minimum Gasteiger partial charge on any atom is 1.00 e. The summed E-state index contributed by atoms with van der Waals surface area (Å²) in [5.41, 5.74) is 0. The Balaban J connectivity index is 0. The summed E-state index contributed by atoms with van der Waals surface area (Å²) in [4.78, 5) is 0. The molecule has 0 saturated heterocycles. The minimum atomic E-state index is -8.79. The Kier molecular flexibility index (Phi) is 22.2. The van der Waals surface area contributed by atoms with E-state index in [1.54, 1.807) is 0 Å². The van der Waals surface area contributed by atoms with Crippen LogP contribution in [-0.4, -0.2) is 11.3 Å². The fraction of sp³-hybridized carbons (Fsp3) is 0. The maximum Gasteiger partial charge on any atom is 1.00 e. The molecule has 0 radical (unpaired) electrons. The quantitative estimate of drug-likeness (QED) is 0.0597. The first kappa shape index (κ1) is 59.8. The largest absolute Gasteiger partial charge is 1.00 e. The molecule has 0 aliphatic carbocycles. The van der Waals surface area contributed by atoms with Gasteiger partial charge in [-0.1, -0.05) is 0 Å². The Morgan fingerprint density at radius 3 is 0.537 bits per heavy atom. The SMILES string of the molecule is O=P([O][Mo](=[O])(=[O])[O][Mo](=[O])(=[O])[O][Mo](=[O])(=[O])[O][Mo](=[O])(=[O])[OH])([O][Mo](=[O])(=[O])[O][Mo](=[O])(=[O])[O][Mo](=[O])(=[O])[O][Mo](=[O])(=[O])[OH])[O][Mo](=[O])(=[O])[O][Mo](=[O])(=[O])[O][Mo](=[O])(=[O])[O][Mo](=[O])(=[O])[OH].[Li+]. The summed E-state index contributed by atoms with van der Waals surface area (Å²) in [6, 6.07) is 0. The molecule has 0 aromatic heterocycles. The van der Waals surface area contributed by atoms with Gasteiger partial charge >= 0.3 is 353 Å². The number of phosphoric acid groups is 1. The second-order valence-electron chi connectivity index (χ2n) is 6.24. The van der Waals surface area contributed by atoms with Crippen LogP contribution in [0, 0.1) is 0 Å².